The maximum absolute atomic E-state index is 13.2. The first-order valence-electron chi connectivity index (χ1n) is 9.82. The third-order valence-electron chi connectivity index (χ3n) is 5.45. The zero-order valence-electron chi connectivity index (χ0n) is 16.7. The van der Waals surface area contributed by atoms with Crippen molar-refractivity contribution in [2.75, 3.05) is 6.26 Å². The lowest BCUT2D eigenvalue weighted by Crippen LogP contribution is -2.26. The average Bonchev–Trinajstić information content (AvgIpc) is 2.70. The molecule has 1 amide bonds. The summed E-state index contributed by atoms with van der Waals surface area (Å²) in [5.41, 5.74) is 5.66. The zero-order chi connectivity index (χ0) is 20.6. The Morgan fingerprint density at radius 2 is 1.79 bits per heavy atom. The number of benzene rings is 2. The van der Waals surface area contributed by atoms with Crippen molar-refractivity contribution in [3.05, 3.63) is 70.4 Å². The summed E-state index contributed by atoms with van der Waals surface area (Å²) in [5, 5.41) is 3.92. The van der Waals surface area contributed by atoms with E-state index in [1.807, 2.05) is 25.1 Å². The predicted octanol–water partition coefficient (Wildman–Crippen LogP) is 3.76. The molecule has 1 N–H and O–H groups in total. The summed E-state index contributed by atoms with van der Waals surface area (Å²) in [4.78, 5) is 18.3. The first kappa shape index (κ1) is 19.6. The molecule has 0 fully saturated rings. The molecule has 0 unspecified atom stereocenters. The van der Waals surface area contributed by atoms with E-state index in [1.165, 1.54) is 6.26 Å². The SMILES string of the molecule is Cc1ccc2nc3c(c(C(=O)NCc4ccc(S(C)(=O)=O)cc4)c2c1)CCCC3. The van der Waals surface area contributed by atoms with Gasteiger partial charge in [0.1, 0.15) is 0 Å². The smallest absolute Gasteiger partial charge is 0.252 e. The van der Waals surface area contributed by atoms with Crippen LogP contribution in [0.25, 0.3) is 10.9 Å². The molecule has 5 nitrogen and oxygen atoms in total. The Kier molecular flexibility index (Phi) is 5.13. The van der Waals surface area contributed by atoms with Crippen molar-refractivity contribution in [2.45, 2.75) is 44.0 Å². The van der Waals surface area contributed by atoms with Gasteiger partial charge in [0.2, 0.25) is 0 Å². The predicted molar refractivity (Wildman–Crippen MR) is 114 cm³/mol. The third-order valence-corrected chi connectivity index (χ3v) is 6.58. The van der Waals surface area contributed by atoms with Gasteiger partial charge in [-0.25, -0.2) is 8.42 Å². The largest absolute Gasteiger partial charge is 0.348 e. The number of sulfone groups is 1. The Hall–Kier alpha value is -2.73. The Balaban J connectivity index is 1.65. The molecule has 150 valence electrons. The van der Waals surface area contributed by atoms with E-state index in [-0.39, 0.29) is 10.8 Å². The molecule has 0 atom stereocenters. The van der Waals surface area contributed by atoms with Gasteiger partial charge < -0.3 is 5.32 Å². The molecule has 0 aliphatic heterocycles. The maximum atomic E-state index is 13.2. The van der Waals surface area contributed by atoms with Gasteiger partial charge in [0, 0.05) is 23.9 Å². The fraction of sp³-hybridized carbons (Fsp3) is 0.304. The van der Waals surface area contributed by atoms with Crippen molar-refractivity contribution in [2.24, 2.45) is 0 Å². The number of aromatic nitrogens is 1. The fourth-order valence-corrected chi connectivity index (χ4v) is 4.55. The average molecular weight is 409 g/mol. The second-order valence-corrected chi connectivity index (χ2v) is 9.75. The first-order valence-corrected chi connectivity index (χ1v) is 11.7. The van der Waals surface area contributed by atoms with Crippen LogP contribution in [0, 0.1) is 6.92 Å². The van der Waals surface area contributed by atoms with Crippen LogP contribution in [0.4, 0.5) is 0 Å². The molecule has 0 bridgehead atoms. The number of nitrogens with zero attached hydrogens (tertiary/aromatic N) is 1. The van der Waals surface area contributed by atoms with Crippen molar-refractivity contribution >= 4 is 26.6 Å². The van der Waals surface area contributed by atoms with Gasteiger partial charge in [0.05, 0.1) is 16.0 Å². The van der Waals surface area contributed by atoms with Crippen LogP contribution in [0.15, 0.2) is 47.4 Å². The minimum Gasteiger partial charge on any atom is -0.348 e. The molecule has 0 spiro atoms. The Labute approximate surface area is 171 Å². The van der Waals surface area contributed by atoms with E-state index in [2.05, 4.69) is 5.32 Å². The minimum atomic E-state index is -3.23. The van der Waals surface area contributed by atoms with Crippen LogP contribution >= 0.6 is 0 Å². The quantitative estimate of drug-likeness (QED) is 0.713. The van der Waals surface area contributed by atoms with E-state index in [0.29, 0.717) is 6.54 Å². The maximum Gasteiger partial charge on any atom is 0.252 e. The van der Waals surface area contributed by atoms with Crippen LogP contribution in [-0.4, -0.2) is 25.6 Å². The molecule has 0 radical (unpaired) electrons. The van der Waals surface area contributed by atoms with Gasteiger partial charge in [-0.15, -0.1) is 0 Å². The number of carbonyl (C=O) groups excluding carboxylic acids is 1. The number of nitrogens with one attached hydrogen (secondary N) is 1. The molecule has 3 aromatic rings. The summed E-state index contributed by atoms with van der Waals surface area (Å²) in [6.07, 6.45) is 5.14. The molecule has 0 saturated carbocycles. The molecular weight excluding hydrogens is 384 g/mol. The van der Waals surface area contributed by atoms with Crippen molar-refractivity contribution in [1.82, 2.24) is 10.3 Å². The lowest BCUT2D eigenvalue weighted by atomic mass is 9.89. The molecule has 1 aliphatic rings. The van der Waals surface area contributed by atoms with Gasteiger partial charge in [0.15, 0.2) is 9.84 Å². The number of hydrogen-bond donors (Lipinski definition) is 1. The summed E-state index contributed by atoms with van der Waals surface area (Å²) in [6.45, 7) is 2.36. The molecule has 2 aromatic carbocycles. The highest BCUT2D eigenvalue weighted by Gasteiger charge is 2.22. The summed E-state index contributed by atoms with van der Waals surface area (Å²) < 4.78 is 23.2. The van der Waals surface area contributed by atoms with Crippen molar-refractivity contribution < 1.29 is 13.2 Å². The fourth-order valence-electron chi connectivity index (χ4n) is 3.92. The normalized spacial score (nSPS) is 13.9. The second-order valence-electron chi connectivity index (χ2n) is 7.74. The molecule has 1 aromatic heterocycles. The third kappa shape index (κ3) is 4.03. The van der Waals surface area contributed by atoms with E-state index in [0.717, 1.165) is 64.5 Å². The second kappa shape index (κ2) is 7.59. The van der Waals surface area contributed by atoms with Crippen LogP contribution in [0.5, 0.6) is 0 Å². The monoisotopic (exact) mass is 408 g/mol. The van der Waals surface area contributed by atoms with Crippen molar-refractivity contribution in [3.8, 4) is 0 Å². The summed E-state index contributed by atoms with van der Waals surface area (Å²) in [6, 6.07) is 12.7. The van der Waals surface area contributed by atoms with Gasteiger partial charge >= 0.3 is 0 Å². The van der Waals surface area contributed by atoms with Gasteiger partial charge in [-0.1, -0.05) is 23.8 Å². The standard InChI is InChI=1S/C23H24N2O3S/c1-15-7-12-21-19(13-15)22(18-5-3-4-6-20(18)25-21)23(26)24-14-16-8-10-17(11-9-16)29(2,27)28/h7-13H,3-6,14H2,1-2H3,(H,24,26). The van der Waals surface area contributed by atoms with E-state index in [1.54, 1.807) is 24.3 Å². The van der Waals surface area contributed by atoms with Crippen LogP contribution in [0.2, 0.25) is 0 Å². The van der Waals surface area contributed by atoms with E-state index >= 15 is 0 Å². The highest BCUT2D eigenvalue weighted by molar-refractivity contribution is 7.90. The lowest BCUT2D eigenvalue weighted by Gasteiger charge is -2.20. The minimum absolute atomic E-state index is 0.103. The summed E-state index contributed by atoms with van der Waals surface area (Å²) >= 11 is 0. The van der Waals surface area contributed by atoms with Gasteiger partial charge in [0.25, 0.3) is 5.91 Å². The number of pyridine rings is 1. The zero-order valence-corrected chi connectivity index (χ0v) is 17.5. The molecular formula is C23H24N2O3S. The summed E-state index contributed by atoms with van der Waals surface area (Å²) in [5.74, 6) is -0.103. The number of carbonyl (C=O) groups is 1. The van der Waals surface area contributed by atoms with E-state index < -0.39 is 9.84 Å². The molecule has 0 saturated heterocycles. The van der Waals surface area contributed by atoms with Crippen LogP contribution in [0.3, 0.4) is 0 Å². The number of rotatable bonds is 4. The first-order chi connectivity index (χ1) is 13.8. The molecule has 29 heavy (non-hydrogen) atoms. The topological polar surface area (TPSA) is 76.1 Å². The van der Waals surface area contributed by atoms with Crippen LogP contribution in [0.1, 0.15) is 45.6 Å². The van der Waals surface area contributed by atoms with Crippen molar-refractivity contribution in [3.63, 3.8) is 0 Å². The van der Waals surface area contributed by atoms with Gasteiger partial charge in [-0.2, -0.15) is 0 Å². The Morgan fingerprint density at radius 3 is 2.52 bits per heavy atom. The van der Waals surface area contributed by atoms with Crippen molar-refractivity contribution in [1.29, 1.82) is 0 Å². The molecule has 1 heterocycles. The Bertz CT molecular complexity index is 1200. The lowest BCUT2D eigenvalue weighted by molar-refractivity contribution is 0.0951. The van der Waals surface area contributed by atoms with Gasteiger partial charge in [-0.3, -0.25) is 9.78 Å². The number of amides is 1. The highest BCUT2D eigenvalue weighted by Crippen LogP contribution is 2.30. The van der Waals surface area contributed by atoms with E-state index in [9.17, 15) is 13.2 Å². The molecule has 1 aliphatic carbocycles. The van der Waals surface area contributed by atoms with Crippen LogP contribution in [-0.2, 0) is 29.2 Å². The van der Waals surface area contributed by atoms with Crippen LogP contribution < -0.4 is 5.32 Å². The molecule has 6 heteroatoms. The summed E-state index contributed by atoms with van der Waals surface area (Å²) in [7, 11) is -3.23. The number of aryl methyl sites for hydroxylation is 2. The number of hydrogen-bond acceptors (Lipinski definition) is 4. The Morgan fingerprint density at radius 1 is 1.07 bits per heavy atom. The highest BCUT2D eigenvalue weighted by atomic mass is 32.2. The van der Waals surface area contributed by atoms with E-state index in [4.69, 9.17) is 4.98 Å². The molecule has 4 rings (SSSR count). The number of fused-ring (bicyclic) bond motifs is 2. The van der Waals surface area contributed by atoms with Gasteiger partial charge in [-0.05, 0) is 68.0 Å².